The molecule has 0 aromatic rings. The van der Waals surface area contributed by atoms with Crippen LogP contribution >= 0.6 is 0 Å². The van der Waals surface area contributed by atoms with Crippen molar-refractivity contribution >= 4 is 7.12 Å². The van der Waals surface area contributed by atoms with E-state index in [0.717, 1.165) is 12.8 Å². The minimum absolute atomic E-state index is 0.235. The topological polar surface area (TPSA) is 36.9 Å². The van der Waals surface area contributed by atoms with Gasteiger partial charge in [0.2, 0.25) is 0 Å². The highest BCUT2D eigenvalue weighted by Crippen LogP contribution is 2.44. The Morgan fingerprint density at radius 1 is 1.05 bits per heavy atom. The van der Waals surface area contributed by atoms with Gasteiger partial charge in [0.25, 0.3) is 0 Å². The van der Waals surface area contributed by atoms with Gasteiger partial charge in [0.1, 0.15) is 0 Å². The van der Waals surface area contributed by atoms with Crippen molar-refractivity contribution < 1.29 is 18.8 Å². The first-order valence-electron chi connectivity index (χ1n) is 7.58. The fourth-order valence-electron chi connectivity index (χ4n) is 3.13. The molecule has 4 nitrogen and oxygen atoms in total. The van der Waals surface area contributed by atoms with Crippen LogP contribution in [0.4, 0.5) is 0 Å². The molecule has 1 atom stereocenters. The molecule has 1 spiro atoms. The molecule has 3 rings (SSSR count). The zero-order chi connectivity index (χ0) is 14.6. The molecule has 0 aromatic carbocycles. The van der Waals surface area contributed by atoms with Gasteiger partial charge >= 0.3 is 7.12 Å². The van der Waals surface area contributed by atoms with E-state index in [-0.39, 0.29) is 18.3 Å². The highest BCUT2D eigenvalue weighted by atomic mass is 16.7. The Bertz CT molecular complexity index is 408. The summed E-state index contributed by atoms with van der Waals surface area (Å²) < 4.78 is 23.9. The smallest absolute Gasteiger partial charge is 0.400 e. The molecule has 112 valence electrons. The van der Waals surface area contributed by atoms with Gasteiger partial charge in [-0.25, -0.2) is 0 Å². The van der Waals surface area contributed by atoms with Crippen LogP contribution in [0.15, 0.2) is 11.5 Å². The van der Waals surface area contributed by atoms with Crippen LogP contribution in [0.5, 0.6) is 0 Å². The first-order chi connectivity index (χ1) is 9.26. The van der Waals surface area contributed by atoms with Crippen LogP contribution in [0.2, 0.25) is 0 Å². The van der Waals surface area contributed by atoms with E-state index in [1.807, 2.05) is 0 Å². The van der Waals surface area contributed by atoms with E-state index in [9.17, 15) is 0 Å². The van der Waals surface area contributed by atoms with Gasteiger partial charge < -0.3 is 18.8 Å². The van der Waals surface area contributed by atoms with Crippen molar-refractivity contribution in [2.75, 3.05) is 13.2 Å². The summed E-state index contributed by atoms with van der Waals surface area (Å²) in [7, 11) is -0.235. The lowest BCUT2D eigenvalue weighted by Gasteiger charge is -2.37. The average molecular weight is 280 g/mol. The molecule has 2 fully saturated rings. The molecule has 2 aliphatic heterocycles. The van der Waals surface area contributed by atoms with Crippen LogP contribution in [-0.4, -0.2) is 37.3 Å². The molecular formula is C15H25BO4. The standard InChI is InChI=1S/C15H25BO4/c1-11-10-12(6-7-15(11)17-8-9-18-15)16-19-13(2,3)14(4,5)20-16/h6,11H,7-10H2,1-5H3. The van der Waals surface area contributed by atoms with Crippen LogP contribution in [0.1, 0.15) is 47.5 Å². The van der Waals surface area contributed by atoms with E-state index in [2.05, 4.69) is 40.7 Å². The minimum atomic E-state index is -0.410. The Morgan fingerprint density at radius 2 is 1.60 bits per heavy atom. The quantitative estimate of drug-likeness (QED) is 0.692. The van der Waals surface area contributed by atoms with E-state index in [1.165, 1.54) is 5.47 Å². The number of rotatable bonds is 1. The van der Waals surface area contributed by atoms with Gasteiger partial charge in [-0.2, -0.15) is 0 Å². The third-order valence-corrected chi connectivity index (χ3v) is 5.27. The predicted octanol–water partition coefficient (Wildman–Crippen LogP) is 2.72. The summed E-state index contributed by atoms with van der Waals surface area (Å²) in [5.74, 6) is -0.0864. The summed E-state index contributed by atoms with van der Waals surface area (Å²) in [5.41, 5.74) is 0.662. The van der Waals surface area contributed by atoms with E-state index in [1.54, 1.807) is 0 Å². The molecule has 2 saturated heterocycles. The second-order valence-corrected chi connectivity index (χ2v) is 7.19. The Kier molecular flexibility index (Phi) is 3.33. The normalized spacial score (nSPS) is 34.5. The summed E-state index contributed by atoms with van der Waals surface area (Å²) in [5, 5.41) is 0. The highest BCUT2D eigenvalue weighted by Gasteiger charge is 2.54. The zero-order valence-electron chi connectivity index (χ0n) is 13.2. The molecule has 0 saturated carbocycles. The largest absolute Gasteiger partial charge is 0.490 e. The molecule has 2 heterocycles. The van der Waals surface area contributed by atoms with Gasteiger partial charge in [-0.15, -0.1) is 0 Å². The van der Waals surface area contributed by atoms with E-state index >= 15 is 0 Å². The maximum absolute atomic E-state index is 6.13. The van der Waals surface area contributed by atoms with Gasteiger partial charge in [0.15, 0.2) is 5.79 Å². The second kappa shape index (κ2) is 4.57. The number of hydrogen-bond acceptors (Lipinski definition) is 4. The fourth-order valence-corrected chi connectivity index (χ4v) is 3.13. The van der Waals surface area contributed by atoms with Crippen molar-refractivity contribution in [3.63, 3.8) is 0 Å². The molecule has 0 bridgehead atoms. The van der Waals surface area contributed by atoms with Crippen LogP contribution < -0.4 is 0 Å². The molecule has 0 radical (unpaired) electrons. The van der Waals surface area contributed by atoms with E-state index in [4.69, 9.17) is 18.8 Å². The molecule has 5 heteroatoms. The molecule has 0 N–H and O–H groups in total. The lowest BCUT2D eigenvalue weighted by molar-refractivity contribution is -0.191. The summed E-state index contributed by atoms with van der Waals surface area (Å²) >= 11 is 0. The predicted molar refractivity (Wildman–Crippen MR) is 77.2 cm³/mol. The van der Waals surface area contributed by atoms with E-state index < -0.39 is 5.79 Å². The lowest BCUT2D eigenvalue weighted by Crippen LogP contribution is -2.41. The maximum Gasteiger partial charge on any atom is 0.490 e. The van der Waals surface area contributed by atoms with E-state index in [0.29, 0.717) is 19.1 Å². The van der Waals surface area contributed by atoms with Crippen molar-refractivity contribution in [2.24, 2.45) is 5.92 Å². The van der Waals surface area contributed by atoms with Gasteiger partial charge in [-0.1, -0.05) is 13.0 Å². The van der Waals surface area contributed by atoms with Crippen molar-refractivity contribution in [1.82, 2.24) is 0 Å². The molecule has 0 aromatic heterocycles. The van der Waals surface area contributed by atoms with Crippen molar-refractivity contribution in [3.8, 4) is 0 Å². The zero-order valence-corrected chi connectivity index (χ0v) is 13.2. The summed E-state index contributed by atoms with van der Waals surface area (Å²) in [4.78, 5) is 0. The summed E-state index contributed by atoms with van der Waals surface area (Å²) in [6.45, 7) is 11.9. The monoisotopic (exact) mass is 280 g/mol. The fraction of sp³-hybridized carbons (Fsp3) is 0.867. The summed E-state index contributed by atoms with van der Waals surface area (Å²) in [6.07, 6.45) is 3.87. The van der Waals surface area contributed by atoms with Gasteiger partial charge in [0, 0.05) is 12.3 Å². The first-order valence-corrected chi connectivity index (χ1v) is 7.58. The maximum atomic E-state index is 6.13. The van der Waals surface area contributed by atoms with Crippen LogP contribution in [-0.2, 0) is 18.8 Å². The van der Waals surface area contributed by atoms with Gasteiger partial charge in [0.05, 0.1) is 24.4 Å². The molecular weight excluding hydrogens is 255 g/mol. The van der Waals surface area contributed by atoms with Crippen LogP contribution in [0.25, 0.3) is 0 Å². The SMILES string of the molecule is CC1CC(B2OC(C)(C)C(C)(C)O2)=CCC12OCCO2. The molecule has 1 unspecified atom stereocenters. The lowest BCUT2D eigenvalue weighted by atomic mass is 9.68. The molecule has 0 amide bonds. The molecule has 3 aliphatic rings. The van der Waals surface area contributed by atoms with Crippen LogP contribution in [0, 0.1) is 5.92 Å². The highest BCUT2D eigenvalue weighted by molar-refractivity contribution is 6.54. The Hall–Kier alpha value is -0.355. The van der Waals surface area contributed by atoms with Crippen molar-refractivity contribution in [3.05, 3.63) is 11.5 Å². The van der Waals surface area contributed by atoms with Gasteiger partial charge in [-0.05, 0) is 39.6 Å². The summed E-state index contributed by atoms with van der Waals surface area (Å²) in [6, 6.07) is 0. The first kappa shape index (κ1) is 14.6. The number of hydrogen-bond donors (Lipinski definition) is 0. The Balaban J connectivity index is 1.76. The Labute approximate surface area is 121 Å². The molecule has 20 heavy (non-hydrogen) atoms. The third kappa shape index (κ3) is 2.15. The number of ether oxygens (including phenoxy) is 2. The van der Waals surface area contributed by atoms with Gasteiger partial charge in [-0.3, -0.25) is 0 Å². The van der Waals surface area contributed by atoms with Crippen molar-refractivity contribution in [1.29, 1.82) is 0 Å². The van der Waals surface area contributed by atoms with Crippen LogP contribution in [0.3, 0.4) is 0 Å². The second-order valence-electron chi connectivity index (χ2n) is 7.19. The average Bonchev–Trinajstić information content (AvgIpc) is 2.88. The third-order valence-electron chi connectivity index (χ3n) is 5.27. The number of allylic oxidation sites excluding steroid dienone is 1. The van der Waals surface area contributed by atoms with Crippen molar-refractivity contribution in [2.45, 2.75) is 64.4 Å². The minimum Gasteiger partial charge on any atom is -0.400 e. The Morgan fingerprint density at radius 3 is 2.10 bits per heavy atom. The molecule has 1 aliphatic carbocycles.